The number of carbonyl (C=O) groups excluding carboxylic acids is 2. The largest absolute Gasteiger partial charge is 0.464 e. The summed E-state index contributed by atoms with van der Waals surface area (Å²) < 4.78 is 78.8. The standard InChI is InChI=1S/C20H20ClF3N6O6S/c1-20(2,18(22)23)19(24)36-13-7-8-30(26-13)12-6-5-10(15(21)25-12)16(31)28-37(33,34)11-9-29(3)27-14(11)17(32)35-4/h5-9,18-19H,1-4H3,(H,28,31). The predicted molar refractivity (Wildman–Crippen MR) is 121 cm³/mol. The molecule has 12 nitrogen and oxygen atoms in total. The minimum atomic E-state index is -4.57. The van der Waals surface area contributed by atoms with Crippen molar-refractivity contribution in [3.63, 3.8) is 0 Å². The second-order valence-electron chi connectivity index (χ2n) is 8.10. The van der Waals surface area contributed by atoms with Crippen molar-refractivity contribution in [3.05, 3.63) is 47.0 Å². The summed E-state index contributed by atoms with van der Waals surface area (Å²) in [6.07, 6.45) is -3.07. The van der Waals surface area contributed by atoms with Gasteiger partial charge in [0.15, 0.2) is 11.5 Å². The predicted octanol–water partition coefficient (Wildman–Crippen LogP) is 2.53. The van der Waals surface area contributed by atoms with E-state index in [9.17, 15) is 31.2 Å². The molecule has 1 unspecified atom stereocenters. The molecule has 0 radical (unpaired) electrons. The Morgan fingerprint density at radius 3 is 2.43 bits per heavy atom. The molecule has 0 saturated heterocycles. The first-order chi connectivity index (χ1) is 17.2. The van der Waals surface area contributed by atoms with Crippen molar-refractivity contribution in [3.8, 4) is 11.7 Å². The van der Waals surface area contributed by atoms with Crippen LogP contribution in [0.3, 0.4) is 0 Å². The molecule has 1 N–H and O–H groups in total. The van der Waals surface area contributed by atoms with E-state index >= 15 is 0 Å². The molecule has 3 aromatic heterocycles. The lowest BCUT2D eigenvalue weighted by atomic mass is 9.94. The number of rotatable bonds is 9. The van der Waals surface area contributed by atoms with Crippen molar-refractivity contribution in [2.45, 2.75) is 31.5 Å². The fraction of sp³-hybridized carbons (Fsp3) is 0.350. The number of nitrogens with one attached hydrogen (secondary N) is 1. The maximum Gasteiger partial charge on any atom is 0.360 e. The van der Waals surface area contributed by atoms with Crippen molar-refractivity contribution in [2.24, 2.45) is 12.5 Å². The smallest absolute Gasteiger partial charge is 0.360 e. The van der Waals surface area contributed by atoms with E-state index in [2.05, 4.69) is 19.9 Å². The van der Waals surface area contributed by atoms with E-state index < -0.39 is 55.8 Å². The Morgan fingerprint density at radius 1 is 1.16 bits per heavy atom. The molecule has 3 heterocycles. The molecule has 0 aliphatic carbocycles. The number of pyridine rings is 1. The normalized spacial score (nSPS) is 12.9. The monoisotopic (exact) mass is 564 g/mol. The number of methoxy groups -OCH3 is 1. The highest BCUT2D eigenvalue weighted by atomic mass is 35.5. The Bertz CT molecular complexity index is 1440. The summed E-state index contributed by atoms with van der Waals surface area (Å²) in [6.45, 7) is 1.99. The van der Waals surface area contributed by atoms with Crippen LogP contribution in [0.4, 0.5) is 13.2 Å². The topological polar surface area (TPSA) is 147 Å². The molecule has 1 atom stereocenters. The number of nitrogens with zero attached hydrogens (tertiary/aromatic N) is 5. The Balaban J connectivity index is 1.79. The molecule has 1 amide bonds. The lowest BCUT2D eigenvalue weighted by Crippen LogP contribution is -2.37. The summed E-state index contributed by atoms with van der Waals surface area (Å²) in [5, 5.41) is 7.18. The fourth-order valence-corrected chi connectivity index (χ4v) is 4.08. The number of hydrogen-bond donors (Lipinski definition) is 1. The molecule has 0 aromatic carbocycles. The minimum Gasteiger partial charge on any atom is -0.464 e. The van der Waals surface area contributed by atoms with Crippen LogP contribution in [0, 0.1) is 5.41 Å². The Labute approximate surface area is 213 Å². The molecule has 37 heavy (non-hydrogen) atoms. The van der Waals surface area contributed by atoms with Gasteiger partial charge >= 0.3 is 5.97 Å². The Kier molecular flexibility index (Phi) is 7.83. The molecule has 0 bridgehead atoms. The molecular formula is C20H20ClF3N6O6S. The molecule has 0 saturated carbocycles. The zero-order valence-corrected chi connectivity index (χ0v) is 21.2. The number of alkyl halides is 3. The fourth-order valence-electron chi connectivity index (χ4n) is 2.71. The number of aryl methyl sites for hydroxylation is 1. The Morgan fingerprint density at radius 2 is 1.84 bits per heavy atom. The third-order valence-electron chi connectivity index (χ3n) is 4.94. The van der Waals surface area contributed by atoms with Crippen LogP contribution in [0.25, 0.3) is 5.82 Å². The van der Waals surface area contributed by atoms with E-state index in [4.69, 9.17) is 16.3 Å². The molecule has 0 aliphatic heterocycles. The van der Waals surface area contributed by atoms with Crippen molar-refractivity contribution in [1.29, 1.82) is 0 Å². The number of esters is 1. The second kappa shape index (κ2) is 10.4. The van der Waals surface area contributed by atoms with Gasteiger partial charge in [0.1, 0.15) is 10.0 Å². The molecular weight excluding hydrogens is 545 g/mol. The number of hydrogen-bond acceptors (Lipinski definition) is 9. The van der Waals surface area contributed by atoms with Crippen LogP contribution in [0.15, 0.2) is 35.5 Å². The Hall–Kier alpha value is -3.66. The first-order valence-electron chi connectivity index (χ1n) is 10.2. The summed E-state index contributed by atoms with van der Waals surface area (Å²) in [5.41, 5.74) is -2.97. The molecule has 3 aromatic rings. The maximum absolute atomic E-state index is 14.2. The molecule has 0 spiro atoms. The molecule has 17 heteroatoms. The quantitative estimate of drug-likeness (QED) is 0.306. The van der Waals surface area contributed by atoms with Crippen LogP contribution in [0.5, 0.6) is 5.88 Å². The van der Waals surface area contributed by atoms with Gasteiger partial charge in [-0.3, -0.25) is 9.48 Å². The molecule has 0 fully saturated rings. The number of amides is 1. The van der Waals surface area contributed by atoms with Gasteiger partial charge in [0.05, 0.1) is 18.1 Å². The van der Waals surface area contributed by atoms with Crippen LogP contribution in [-0.2, 0) is 21.8 Å². The van der Waals surface area contributed by atoms with E-state index in [1.807, 2.05) is 0 Å². The van der Waals surface area contributed by atoms with Gasteiger partial charge in [0, 0.05) is 25.5 Å². The lowest BCUT2D eigenvalue weighted by Gasteiger charge is -2.26. The number of ether oxygens (including phenoxy) is 2. The van der Waals surface area contributed by atoms with Gasteiger partial charge in [-0.1, -0.05) is 11.6 Å². The zero-order chi connectivity index (χ0) is 27.7. The van der Waals surface area contributed by atoms with Gasteiger partial charge < -0.3 is 9.47 Å². The summed E-state index contributed by atoms with van der Waals surface area (Å²) in [5.74, 6) is -2.49. The van der Waals surface area contributed by atoms with Crippen LogP contribution in [0.2, 0.25) is 5.15 Å². The lowest BCUT2D eigenvalue weighted by molar-refractivity contribution is -0.115. The first-order valence-corrected chi connectivity index (χ1v) is 12.0. The van der Waals surface area contributed by atoms with Gasteiger partial charge in [0.25, 0.3) is 22.3 Å². The van der Waals surface area contributed by atoms with Crippen LogP contribution in [-0.4, -0.2) is 64.7 Å². The van der Waals surface area contributed by atoms with E-state index in [1.165, 1.54) is 25.4 Å². The third kappa shape index (κ3) is 5.85. The second-order valence-corrected chi connectivity index (χ2v) is 10.1. The van der Waals surface area contributed by atoms with Gasteiger partial charge in [-0.05, 0) is 26.0 Å². The molecule has 0 aliphatic rings. The number of sulfonamides is 1. The summed E-state index contributed by atoms with van der Waals surface area (Å²) in [6, 6.07) is 3.58. The van der Waals surface area contributed by atoms with Crippen molar-refractivity contribution in [1.82, 2.24) is 29.3 Å². The van der Waals surface area contributed by atoms with Crippen molar-refractivity contribution < 1.29 is 40.7 Å². The number of halogens is 4. The SMILES string of the molecule is COC(=O)c1nn(C)cc1S(=O)(=O)NC(=O)c1ccc(-n2ccc(OC(F)C(C)(C)C(F)F)n2)nc1Cl. The van der Waals surface area contributed by atoms with Gasteiger partial charge in [-0.25, -0.2) is 40.8 Å². The number of aromatic nitrogens is 5. The van der Waals surface area contributed by atoms with Crippen LogP contribution >= 0.6 is 11.6 Å². The van der Waals surface area contributed by atoms with Crippen molar-refractivity contribution in [2.75, 3.05) is 7.11 Å². The van der Waals surface area contributed by atoms with E-state index in [1.54, 1.807) is 4.72 Å². The van der Waals surface area contributed by atoms with Gasteiger partial charge in [-0.2, -0.15) is 5.10 Å². The highest BCUT2D eigenvalue weighted by Gasteiger charge is 2.41. The van der Waals surface area contributed by atoms with Crippen LogP contribution < -0.4 is 9.46 Å². The summed E-state index contributed by atoms with van der Waals surface area (Å²) in [4.78, 5) is 27.8. The third-order valence-corrected chi connectivity index (χ3v) is 6.56. The molecule has 200 valence electrons. The molecule has 3 rings (SSSR count). The average molecular weight is 565 g/mol. The van der Waals surface area contributed by atoms with Crippen molar-refractivity contribution >= 4 is 33.5 Å². The summed E-state index contributed by atoms with van der Waals surface area (Å²) in [7, 11) is -2.17. The van der Waals surface area contributed by atoms with Gasteiger partial charge in [0.2, 0.25) is 12.3 Å². The van der Waals surface area contributed by atoms with E-state index in [-0.39, 0.29) is 17.3 Å². The maximum atomic E-state index is 14.2. The number of carbonyl (C=O) groups is 2. The average Bonchev–Trinajstić information content (AvgIpc) is 3.45. The zero-order valence-electron chi connectivity index (χ0n) is 19.6. The minimum absolute atomic E-state index is 0.0167. The van der Waals surface area contributed by atoms with Gasteiger partial charge in [-0.15, -0.1) is 5.10 Å². The van der Waals surface area contributed by atoms with E-state index in [0.717, 1.165) is 42.6 Å². The first kappa shape index (κ1) is 27.9. The highest BCUT2D eigenvalue weighted by Crippen LogP contribution is 2.32. The van der Waals surface area contributed by atoms with Crippen LogP contribution in [0.1, 0.15) is 34.7 Å². The highest BCUT2D eigenvalue weighted by molar-refractivity contribution is 7.90. The van der Waals surface area contributed by atoms with E-state index in [0.29, 0.717) is 0 Å². The summed E-state index contributed by atoms with van der Waals surface area (Å²) >= 11 is 6.07.